The number of thioether (sulfide) groups is 1. The average Bonchev–Trinajstić information content (AvgIpc) is 2.38. The topological polar surface area (TPSA) is 64.9 Å². The molecule has 2 N–H and O–H groups in total. The summed E-state index contributed by atoms with van der Waals surface area (Å²) in [4.78, 5) is 4.11. The summed E-state index contributed by atoms with van der Waals surface area (Å²) in [6.07, 6.45) is 2.69. The van der Waals surface area contributed by atoms with Gasteiger partial charge in [-0.3, -0.25) is 0 Å². The SMILES string of the molecule is CSCc1nc(CCN)no1. The first-order chi connectivity index (χ1) is 5.36. The van der Waals surface area contributed by atoms with Crippen molar-refractivity contribution in [2.75, 3.05) is 12.8 Å². The van der Waals surface area contributed by atoms with Crippen molar-refractivity contribution < 1.29 is 4.52 Å². The zero-order valence-corrected chi connectivity index (χ0v) is 7.23. The van der Waals surface area contributed by atoms with E-state index in [0.717, 1.165) is 5.75 Å². The van der Waals surface area contributed by atoms with Crippen LogP contribution in [0.4, 0.5) is 0 Å². The minimum atomic E-state index is 0.568. The zero-order valence-electron chi connectivity index (χ0n) is 6.41. The van der Waals surface area contributed by atoms with Gasteiger partial charge in [0.1, 0.15) is 0 Å². The molecule has 0 fully saturated rings. The van der Waals surface area contributed by atoms with E-state index in [-0.39, 0.29) is 0 Å². The lowest BCUT2D eigenvalue weighted by molar-refractivity contribution is 0.385. The smallest absolute Gasteiger partial charge is 0.236 e. The molecule has 0 radical (unpaired) electrons. The predicted molar refractivity (Wildman–Crippen MR) is 44.3 cm³/mol. The van der Waals surface area contributed by atoms with E-state index in [2.05, 4.69) is 10.1 Å². The maximum atomic E-state index is 5.32. The van der Waals surface area contributed by atoms with Gasteiger partial charge in [0.05, 0.1) is 5.75 Å². The summed E-state index contributed by atoms with van der Waals surface area (Å²) in [5, 5.41) is 3.75. The van der Waals surface area contributed by atoms with Crippen LogP contribution in [0.2, 0.25) is 0 Å². The van der Waals surface area contributed by atoms with E-state index >= 15 is 0 Å². The largest absolute Gasteiger partial charge is 0.338 e. The van der Waals surface area contributed by atoms with Gasteiger partial charge in [-0.25, -0.2) is 0 Å². The molecule has 62 valence electrons. The quantitative estimate of drug-likeness (QED) is 0.715. The molecule has 5 heteroatoms. The van der Waals surface area contributed by atoms with Crippen molar-refractivity contribution in [1.29, 1.82) is 0 Å². The molecule has 1 heterocycles. The Balaban J connectivity index is 2.51. The lowest BCUT2D eigenvalue weighted by Gasteiger charge is -1.84. The molecule has 1 rings (SSSR count). The molecule has 0 aromatic carbocycles. The zero-order chi connectivity index (χ0) is 8.10. The standard InChI is InChI=1S/C6H11N3OS/c1-11-4-6-8-5(2-3-7)9-10-6/h2-4,7H2,1H3. The van der Waals surface area contributed by atoms with Gasteiger partial charge in [-0.1, -0.05) is 5.16 Å². The van der Waals surface area contributed by atoms with E-state index < -0.39 is 0 Å². The molecule has 0 saturated heterocycles. The molecule has 0 saturated carbocycles. The fraction of sp³-hybridized carbons (Fsp3) is 0.667. The molecule has 0 unspecified atom stereocenters. The molecular weight excluding hydrogens is 162 g/mol. The highest BCUT2D eigenvalue weighted by Gasteiger charge is 2.03. The fourth-order valence-electron chi connectivity index (χ4n) is 0.703. The Hall–Kier alpha value is -0.550. The first-order valence-electron chi connectivity index (χ1n) is 3.37. The van der Waals surface area contributed by atoms with Crippen LogP contribution in [0.15, 0.2) is 4.52 Å². The van der Waals surface area contributed by atoms with Crippen molar-refractivity contribution in [3.05, 3.63) is 11.7 Å². The number of rotatable bonds is 4. The lowest BCUT2D eigenvalue weighted by atomic mass is 10.4. The Morgan fingerprint density at radius 1 is 1.64 bits per heavy atom. The maximum Gasteiger partial charge on any atom is 0.236 e. The lowest BCUT2D eigenvalue weighted by Crippen LogP contribution is -2.03. The summed E-state index contributed by atoms with van der Waals surface area (Å²) in [6, 6.07) is 0. The van der Waals surface area contributed by atoms with E-state index in [4.69, 9.17) is 10.3 Å². The third kappa shape index (κ3) is 2.51. The van der Waals surface area contributed by atoms with E-state index in [1.165, 1.54) is 0 Å². The average molecular weight is 173 g/mol. The Morgan fingerprint density at radius 3 is 3.09 bits per heavy atom. The van der Waals surface area contributed by atoms with Crippen LogP contribution >= 0.6 is 11.8 Å². The van der Waals surface area contributed by atoms with Gasteiger partial charge in [-0.2, -0.15) is 16.7 Å². The van der Waals surface area contributed by atoms with Gasteiger partial charge in [0.2, 0.25) is 5.89 Å². The van der Waals surface area contributed by atoms with Gasteiger partial charge in [-0.05, 0) is 12.8 Å². The Morgan fingerprint density at radius 2 is 2.45 bits per heavy atom. The number of hydrogen-bond donors (Lipinski definition) is 1. The van der Waals surface area contributed by atoms with Crippen LogP contribution < -0.4 is 5.73 Å². The van der Waals surface area contributed by atoms with Gasteiger partial charge in [0, 0.05) is 6.42 Å². The summed E-state index contributed by atoms with van der Waals surface area (Å²) >= 11 is 1.66. The van der Waals surface area contributed by atoms with Gasteiger partial charge in [-0.15, -0.1) is 0 Å². The molecule has 0 aliphatic carbocycles. The molecule has 0 spiro atoms. The highest BCUT2D eigenvalue weighted by atomic mass is 32.2. The highest BCUT2D eigenvalue weighted by Crippen LogP contribution is 2.05. The second kappa shape index (κ2) is 4.35. The molecule has 0 amide bonds. The fourth-order valence-corrected chi connectivity index (χ4v) is 1.07. The number of hydrogen-bond acceptors (Lipinski definition) is 5. The van der Waals surface area contributed by atoms with Gasteiger partial charge >= 0.3 is 0 Å². The summed E-state index contributed by atoms with van der Waals surface area (Å²) in [6.45, 7) is 0.568. The summed E-state index contributed by atoms with van der Waals surface area (Å²) < 4.78 is 4.92. The van der Waals surface area contributed by atoms with E-state index in [0.29, 0.717) is 24.7 Å². The van der Waals surface area contributed by atoms with Crippen molar-refractivity contribution in [1.82, 2.24) is 10.1 Å². The van der Waals surface area contributed by atoms with Crippen molar-refractivity contribution in [3.63, 3.8) is 0 Å². The van der Waals surface area contributed by atoms with Crippen LogP contribution in [-0.4, -0.2) is 22.9 Å². The van der Waals surface area contributed by atoms with Crippen LogP contribution in [0.5, 0.6) is 0 Å². The third-order valence-corrected chi connectivity index (χ3v) is 1.68. The number of nitrogens with zero attached hydrogens (tertiary/aromatic N) is 2. The van der Waals surface area contributed by atoms with Gasteiger partial charge in [0.25, 0.3) is 0 Å². The molecule has 0 aliphatic rings. The number of aromatic nitrogens is 2. The van der Waals surface area contributed by atoms with Crippen molar-refractivity contribution in [3.8, 4) is 0 Å². The molecule has 4 nitrogen and oxygen atoms in total. The van der Waals surface area contributed by atoms with E-state index in [1.54, 1.807) is 11.8 Å². The first-order valence-corrected chi connectivity index (χ1v) is 4.76. The Kier molecular flexibility index (Phi) is 3.38. The minimum Gasteiger partial charge on any atom is -0.338 e. The molecule has 1 aromatic heterocycles. The predicted octanol–water partition coefficient (Wildman–Crippen LogP) is 0.434. The summed E-state index contributed by atoms with van der Waals surface area (Å²) in [7, 11) is 0. The Labute approximate surface area is 69.5 Å². The molecule has 1 aromatic rings. The van der Waals surface area contributed by atoms with Crippen molar-refractivity contribution >= 4 is 11.8 Å². The van der Waals surface area contributed by atoms with Crippen molar-refractivity contribution in [2.24, 2.45) is 5.73 Å². The normalized spacial score (nSPS) is 10.4. The molecular formula is C6H11N3OS. The second-order valence-electron chi connectivity index (χ2n) is 2.08. The molecule has 0 aliphatic heterocycles. The second-order valence-corrected chi connectivity index (χ2v) is 2.94. The van der Waals surface area contributed by atoms with Crippen LogP contribution in [0.25, 0.3) is 0 Å². The van der Waals surface area contributed by atoms with Gasteiger partial charge < -0.3 is 10.3 Å². The summed E-state index contributed by atoms with van der Waals surface area (Å²) in [5.41, 5.74) is 5.32. The van der Waals surface area contributed by atoms with E-state index in [1.807, 2.05) is 6.26 Å². The van der Waals surface area contributed by atoms with E-state index in [9.17, 15) is 0 Å². The maximum absolute atomic E-state index is 5.32. The Bertz CT molecular complexity index is 193. The monoisotopic (exact) mass is 173 g/mol. The van der Waals surface area contributed by atoms with Crippen LogP contribution in [0, 0.1) is 0 Å². The third-order valence-electron chi connectivity index (χ3n) is 1.15. The molecule has 11 heavy (non-hydrogen) atoms. The molecule has 0 atom stereocenters. The van der Waals surface area contributed by atoms with Gasteiger partial charge in [0.15, 0.2) is 5.82 Å². The van der Waals surface area contributed by atoms with Crippen LogP contribution in [0.3, 0.4) is 0 Å². The van der Waals surface area contributed by atoms with Crippen LogP contribution in [0.1, 0.15) is 11.7 Å². The molecule has 0 bridgehead atoms. The summed E-state index contributed by atoms with van der Waals surface area (Å²) in [5.74, 6) is 2.16. The highest BCUT2D eigenvalue weighted by molar-refractivity contribution is 7.97. The van der Waals surface area contributed by atoms with Crippen molar-refractivity contribution in [2.45, 2.75) is 12.2 Å². The first kappa shape index (κ1) is 8.55. The van der Waals surface area contributed by atoms with Crippen LogP contribution in [-0.2, 0) is 12.2 Å². The number of nitrogens with two attached hydrogens (primary N) is 1. The minimum absolute atomic E-state index is 0.568.